The lowest BCUT2D eigenvalue weighted by Gasteiger charge is -2.48. The van der Waals surface area contributed by atoms with E-state index < -0.39 is 65.1 Å². The van der Waals surface area contributed by atoms with E-state index in [1.807, 2.05) is 19.9 Å². The number of carboxylic acids is 1. The molecule has 0 spiro atoms. The first-order valence-electron chi connectivity index (χ1n) is 17.2. The fourth-order valence-corrected chi connectivity index (χ4v) is 6.78. The normalized spacial score (nSPS) is 18.1. The van der Waals surface area contributed by atoms with E-state index in [2.05, 4.69) is 58.8 Å². The molecule has 0 unspecified atom stereocenters. The van der Waals surface area contributed by atoms with E-state index in [0.717, 1.165) is 15.6 Å². The zero-order chi connectivity index (χ0) is 37.9. The summed E-state index contributed by atoms with van der Waals surface area (Å²) in [7, 11) is -2.42. The van der Waals surface area contributed by atoms with Gasteiger partial charge < -0.3 is 29.1 Å². The van der Waals surface area contributed by atoms with E-state index in [1.165, 1.54) is 6.08 Å². The Bertz CT molecular complexity index is 1350. The Morgan fingerprint density at radius 1 is 1.02 bits per heavy atom. The van der Waals surface area contributed by atoms with Crippen molar-refractivity contribution in [1.82, 2.24) is 15.3 Å². The number of methoxy groups -OCH3 is 1. The molecule has 1 aliphatic rings. The molecular weight excluding hydrogens is 675 g/mol. The number of hydrogen-bond acceptors (Lipinski definition) is 8. The summed E-state index contributed by atoms with van der Waals surface area (Å²) < 4.78 is 23.4. The number of allylic oxidation sites excluding steroid dienone is 3. The van der Waals surface area contributed by atoms with Crippen LogP contribution in [0.15, 0.2) is 48.6 Å². The molecule has 1 aromatic rings. The minimum Gasteiger partial charge on any atom is -0.497 e. The maximum Gasteiger partial charge on any atom is 0.428 e. The molecule has 1 fully saturated rings. The Kier molecular flexibility index (Phi) is 16.0. The molecule has 0 aliphatic carbocycles. The smallest absolute Gasteiger partial charge is 0.428 e. The Morgan fingerprint density at radius 3 is 2.18 bits per heavy atom. The maximum atomic E-state index is 14.1. The standard InChI is InChI=1S/C36H59N3O9Si2/c1-26(2)14-12-13-15-30(34(42)43)37-33(41)31-22-29(48-50(10,11)36(3,4)5)23-38(35(44)47-20-21-49(7,8)9)39(31)32(40)25-46-24-27-16-18-28(45-6)19-17-27/h12-19,26,29-31H,20-25H2,1-11H3,(H,37,41)(H,42,43)/b14-12+,15-13+/t29-,30+,31-/m1/s1. The molecule has 0 saturated carbocycles. The summed E-state index contributed by atoms with van der Waals surface area (Å²) in [5.74, 6) is -1.76. The van der Waals surface area contributed by atoms with Crippen molar-refractivity contribution in [2.24, 2.45) is 5.92 Å². The molecule has 2 N–H and O–H groups in total. The third kappa shape index (κ3) is 13.7. The molecule has 0 aromatic heterocycles. The number of ether oxygens (including phenoxy) is 3. The Labute approximate surface area is 300 Å². The van der Waals surface area contributed by atoms with E-state index in [1.54, 1.807) is 43.5 Å². The number of carbonyl (C=O) groups excluding carboxylic acids is 3. The van der Waals surface area contributed by atoms with Crippen LogP contribution in [-0.4, -0.2) is 100 Å². The van der Waals surface area contributed by atoms with Crippen LogP contribution in [0.5, 0.6) is 5.75 Å². The largest absolute Gasteiger partial charge is 0.497 e. The van der Waals surface area contributed by atoms with Gasteiger partial charge in [0.15, 0.2) is 8.32 Å². The van der Waals surface area contributed by atoms with Crippen LogP contribution >= 0.6 is 0 Å². The Hall–Kier alpha value is -3.47. The van der Waals surface area contributed by atoms with Gasteiger partial charge in [0.2, 0.25) is 5.91 Å². The molecule has 1 aromatic carbocycles. The maximum absolute atomic E-state index is 14.1. The van der Waals surface area contributed by atoms with Crippen LogP contribution in [0.25, 0.3) is 0 Å². The molecule has 14 heteroatoms. The van der Waals surface area contributed by atoms with Gasteiger partial charge in [-0.25, -0.2) is 19.6 Å². The van der Waals surface area contributed by atoms with Crippen molar-refractivity contribution in [3.8, 4) is 5.75 Å². The second-order valence-corrected chi connectivity index (χ2v) is 26.1. The van der Waals surface area contributed by atoms with Crippen molar-refractivity contribution in [3.63, 3.8) is 0 Å². The second kappa shape index (κ2) is 18.7. The molecule has 3 amide bonds. The second-order valence-electron chi connectivity index (χ2n) is 15.7. The van der Waals surface area contributed by atoms with Crippen molar-refractivity contribution in [3.05, 3.63) is 54.1 Å². The molecular formula is C36H59N3O9Si2. The lowest BCUT2D eigenvalue weighted by atomic mass is 10.0. The average Bonchev–Trinajstić information content (AvgIpc) is 3.00. The van der Waals surface area contributed by atoms with Crippen molar-refractivity contribution >= 4 is 40.3 Å². The number of hydrogen-bond donors (Lipinski definition) is 2. The SMILES string of the molecule is COc1ccc(COCC(=O)N2[C@@H](C(=O)N[C@@H](/C=C/C=C/C(C)C)C(=O)O)C[C@@H](O[Si](C)(C)C(C)(C)C)CN2C(=O)OCC[Si](C)(C)C)cc1. The highest BCUT2D eigenvalue weighted by atomic mass is 28.4. The minimum absolute atomic E-state index is 0.0323. The van der Waals surface area contributed by atoms with Crippen LogP contribution < -0.4 is 10.1 Å². The zero-order valence-corrected chi connectivity index (χ0v) is 33.8. The van der Waals surface area contributed by atoms with E-state index in [9.17, 15) is 24.3 Å². The molecule has 2 rings (SSSR count). The fourth-order valence-electron chi connectivity index (χ4n) is 4.71. The summed E-state index contributed by atoms with van der Waals surface area (Å²) in [4.78, 5) is 54.0. The number of nitrogens with zero attached hydrogens (tertiary/aromatic N) is 2. The van der Waals surface area contributed by atoms with Crippen molar-refractivity contribution < 1.29 is 42.9 Å². The number of hydrazine groups is 1. The van der Waals surface area contributed by atoms with Crippen LogP contribution in [0.4, 0.5) is 4.79 Å². The third-order valence-electron chi connectivity index (χ3n) is 8.66. The summed E-state index contributed by atoms with van der Waals surface area (Å²) in [6.45, 7) is 20.6. The molecule has 0 bridgehead atoms. The van der Waals surface area contributed by atoms with Crippen molar-refractivity contribution in [2.45, 2.75) is 110 Å². The van der Waals surface area contributed by atoms with Gasteiger partial charge in [-0.05, 0) is 47.8 Å². The van der Waals surface area contributed by atoms with Crippen LogP contribution in [0.3, 0.4) is 0 Å². The molecule has 1 heterocycles. The predicted molar refractivity (Wildman–Crippen MR) is 199 cm³/mol. The van der Waals surface area contributed by atoms with Gasteiger partial charge in [0.1, 0.15) is 24.4 Å². The lowest BCUT2D eigenvalue weighted by molar-refractivity contribution is -0.174. The van der Waals surface area contributed by atoms with Gasteiger partial charge in [0.25, 0.3) is 5.91 Å². The first kappa shape index (κ1) is 42.7. The monoisotopic (exact) mass is 733 g/mol. The van der Waals surface area contributed by atoms with Gasteiger partial charge >= 0.3 is 12.1 Å². The van der Waals surface area contributed by atoms with E-state index in [-0.39, 0.29) is 37.1 Å². The summed E-state index contributed by atoms with van der Waals surface area (Å²) in [6.07, 6.45) is 5.13. The molecule has 280 valence electrons. The molecule has 1 aliphatic heterocycles. The summed E-state index contributed by atoms with van der Waals surface area (Å²) in [6, 6.07) is 5.19. The Balaban J connectivity index is 2.49. The number of nitrogens with one attached hydrogen (secondary N) is 1. The number of rotatable bonds is 16. The zero-order valence-electron chi connectivity index (χ0n) is 31.8. The van der Waals surface area contributed by atoms with Gasteiger partial charge in [-0.15, -0.1) is 0 Å². The number of carbonyl (C=O) groups is 4. The molecule has 50 heavy (non-hydrogen) atoms. The van der Waals surface area contributed by atoms with Gasteiger partial charge in [0, 0.05) is 14.5 Å². The van der Waals surface area contributed by atoms with E-state index >= 15 is 0 Å². The topological polar surface area (TPSA) is 144 Å². The van der Waals surface area contributed by atoms with Gasteiger partial charge in [0.05, 0.1) is 33.0 Å². The number of benzene rings is 1. The number of amides is 3. The number of carboxylic acid groups (broad SMARTS) is 1. The quantitative estimate of drug-likeness (QED) is 0.149. The molecule has 1 saturated heterocycles. The van der Waals surface area contributed by atoms with Crippen LogP contribution in [0.2, 0.25) is 43.8 Å². The first-order valence-corrected chi connectivity index (χ1v) is 23.8. The average molecular weight is 734 g/mol. The van der Waals surface area contributed by atoms with Crippen molar-refractivity contribution in [1.29, 1.82) is 0 Å². The fraction of sp³-hybridized carbons (Fsp3) is 0.611. The van der Waals surface area contributed by atoms with Gasteiger partial charge in [-0.2, -0.15) is 0 Å². The molecule has 12 nitrogen and oxygen atoms in total. The third-order valence-corrected chi connectivity index (χ3v) is 14.9. The van der Waals surface area contributed by atoms with Crippen LogP contribution in [0, 0.1) is 5.92 Å². The lowest BCUT2D eigenvalue weighted by Crippen LogP contribution is -2.67. The minimum atomic E-state index is -2.42. The molecule has 3 atom stereocenters. The highest BCUT2D eigenvalue weighted by molar-refractivity contribution is 6.76. The van der Waals surface area contributed by atoms with E-state index in [4.69, 9.17) is 18.6 Å². The summed E-state index contributed by atoms with van der Waals surface area (Å²) in [5, 5.41) is 14.5. The highest BCUT2D eigenvalue weighted by Gasteiger charge is 2.48. The van der Waals surface area contributed by atoms with Gasteiger partial charge in [-0.3, -0.25) is 9.59 Å². The van der Waals surface area contributed by atoms with Gasteiger partial charge in [-0.1, -0.05) is 90.7 Å². The summed E-state index contributed by atoms with van der Waals surface area (Å²) in [5.41, 5.74) is 0.791. The van der Waals surface area contributed by atoms with Crippen LogP contribution in [0.1, 0.15) is 46.6 Å². The molecule has 0 radical (unpaired) electrons. The van der Waals surface area contributed by atoms with Crippen LogP contribution in [-0.2, 0) is 34.9 Å². The Morgan fingerprint density at radius 2 is 1.64 bits per heavy atom. The van der Waals surface area contributed by atoms with Crippen molar-refractivity contribution in [2.75, 3.05) is 26.9 Å². The predicted octanol–water partition coefficient (Wildman–Crippen LogP) is 6.23. The number of aliphatic carboxylic acids is 1. The summed E-state index contributed by atoms with van der Waals surface area (Å²) >= 11 is 0. The van der Waals surface area contributed by atoms with E-state index in [0.29, 0.717) is 11.8 Å². The first-order chi connectivity index (χ1) is 23.1. The highest BCUT2D eigenvalue weighted by Crippen LogP contribution is 2.39.